The topological polar surface area (TPSA) is 119 Å². The first-order chi connectivity index (χ1) is 9.63. The molecular weight excluding hydrogens is 287 g/mol. The molecule has 0 bridgehead atoms. The molecule has 4 atom stereocenters. The molecule has 1 fully saturated rings. The molecule has 1 aliphatic rings. The van der Waals surface area contributed by atoms with Gasteiger partial charge in [-0.1, -0.05) is 0 Å². The highest BCUT2D eigenvalue weighted by Crippen LogP contribution is 2.32. The van der Waals surface area contributed by atoms with Crippen LogP contribution < -0.4 is 5.73 Å². The second-order valence-electron chi connectivity index (χ2n) is 4.58. The third-order valence-electron chi connectivity index (χ3n) is 3.33. The van der Waals surface area contributed by atoms with Gasteiger partial charge in [0.15, 0.2) is 17.7 Å². The highest BCUT2D eigenvalue weighted by atomic mass is 32.2. The minimum Gasteiger partial charge on any atom is -0.387 e. The van der Waals surface area contributed by atoms with Crippen LogP contribution in [0.2, 0.25) is 0 Å². The molecule has 20 heavy (non-hydrogen) atoms. The molecule has 1 aliphatic heterocycles. The quantitative estimate of drug-likeness (QED) is 0.642. The molecule has 9 heteroatoms. The third-order valence-corrected chi connectivity index (χ3v) is 3.99. The molecule has 108 valence electrons. The number of hydrogen-bond acceptors (Lipinski definition) is 8. The van der Waals surface area contributed by atoms with Crippen LogP contribution in [0.25, 0.3) is 11.2 Å². The van der Waals surface area contributed by atoms with Crippen LogP contribution in [0.4, 0.5) is 5.82 Å². The summed E-state index contributed by atoms with van der Waals surface area (Å²) in [5, 5.41) is 20.2. The second-order valence-corrected chi connectivity index (χ2v) is 5.50. The molecule has 0 amide bonds. The summed E-state index contributed by atoms with van der Waals surface area (Å²) in [5.74, 6) is 0.862. The molecule has 0 aliphatic carbocycles. The first-order valence-corrected chi connectivity index (χ1v) is 7.46. The van der Waals surface area contributed by atoms with Gasteiger partial charge in [0.1, 0.15) is 24.1 Å². The van der Waals surface area contributed by atoms with Crippen molar-refractivity contribution in [2.45, 2.75) is 24.5 Å². The lowest BCUT2D eigenvalue weighted by atomic mass is 10.1. The lowest BCUT2D eigenvalue weighted by Crippen LogP contribution is -2.32. The van der Waals surface area contributed by atoms with E-state index in [-0.39, 0.29) is 5.82 Å². The Morgan fingerprint density at radius 1 is 1.35 bits per heavy atom. The van der Waals surface area contributed by atoms with Crippen LogP contribution in [0.5, 0.6) is 0 Å². The van der Waals surface area contributed by atoms with Crippen molar-refractivity contribution in [3.05, 3.63) is 12.7 Å². The molecule has 3 rings (SSSR count). The van der Waals surface area contributed by atoms with Gasteiger partial charge < -0.3 is 20.7 Å². The van der Waals surface area contributed by atoms with Crippen molar-refractivity contribution in [1.82, 2.24) is 19.5 Å². The Balaban J connectivity index is 1.97. The summed E-state index contributed by atoms with van der Waals surface area (Å²) >= 11 is 1.54. The zero-order chi connectivity index (χ0) is 14.3. The summed E-state index contributed by atoms with van der Waals surface area (Å²) in [6.07, 6.45) is 1.58. The monoisotopic (exact) mass is 302 g/mol. The number of aliphatic hydroxyl groups excluding tert-OH is 2. The fourth-order valence-corrected chi connectivity index (χ4v) is 2.92. The Bertz CT molecular complexity index is 621. The Morgan fingerprint density at radius 2 is 2.15 bits per heavy atom. The molecule has 8 nitrogen and oxygen atoms in total. The summed E-state index contributed by atoms with van der Waals surface area (Å²) in [4.78, 5) is 12.1. The third kappa shape index (κ3) is 2.03. The molecule has 0 aromatic carbocycles. The first-order valence-electron chi connectivity index (χ1n) is 6.07. The van der Waals surface area contributed by atoms with Gasteiger partial charge in [-0.15, -0.1) is 0 Å². The van der Waals surface area contributed by atoms with Crippen LogP contribution in [-0.4, -0.2) is 60.1 Å². The van der Waals surface area contributed by atoms with Crippen molar-refractivity contribution >= 4 is 28.7 Å². The molecule has 3 heterocycles. The first kappa shape index (κ1) is 13.6. The number of ether oxygens (including phenoxy) is 1. The number of imidazole rings is 1. The molecule has 0 saturated carbocycles. The molecule has 1 saturated heterocycles. The predicted molar refractivity (Wildman–Crippen MR) is 74.0 cm³/mol. The number of rotatable bonds is 3. The number of hydrogen-bond donors (Lipinski definition) is 3. The van der Waals surface area contributed by atoms with Crippen LogP contribution in [0, 0.1) is 0 Å². The van der Waals surface area contributed by atoms with Gasteiger partial charge >= 0.3 is 0 Å². The van der Waals surface area contributed by atoms with Gasteiger partial charge in [0.25, 0.3) is 0 Å². The van der Waals surface area contributed by atoms with Crippen molar-refractivity contribution < 1.29 is 14.9 Å². The lowest BCUT2D eigenvalue weighted by molar-refractivity contribution is -0.0288. The van der Waals surface area contributed by atoms with Gasteiger partial charge in [-0.2, -0.15) is 11.8 Å². The highest BCUT2D eigenvalue weighted by Gasteiger charge is 2.43. The zero-order valence-corrected chi connectivity index (χ0v) is 11.6. The van der Waals surface area contributed by atoms with E-state index < -0.39 is 24.5 Å². The normalized spacial score (nSPS) is 30.1. The van der Waals surface area contributed by atoms with Crippen molar-refractivity contribution in [3.8, 4) is 0 Å². The van der Waals surface area contributed by atoms with E-state index in [1.165, 1.54) is 12.7 Å². The van der Waals surface area contributed by atoms with Crippen LogP contribution in [0.15, 0.2) is 12.7 Å². The van der Waals surface area contributed by atoms with Crippen LogP contribution in [-0.2, 0) is 4.74 Å². The standard InChI is InChI=1S/C11H15N5O3S/c1-20-2-5-7(17)8(18)11(19-5)16-4-15-6-9(12)13-3-14-10(6)16/h3-5,7-8,11,17-18H,2H2,1H3,(H2,12,13,14)/t5-,7-,8-,11-/m1/s1/i12+1,13+1,14+1,15+1,16+1. The maximum Gasteiger partial charge on any atom is 0.167 e. The maximum atomic E-state index is 10.1. The van der Waals surface area contributed by atoms with E-state index in [9.17, 15) is 10.2 Å². The molecular formula is C11H15N5O3S. The molecule has 0 spiro atoms. The zero-order valence-electron chi connectivity index (χ0n) is 10.7. The fraction of sp³-hybridized carbons (Fsp3) is 0.545. The van der Waals surface area contributed by atoms with Crippen LogP contribution >= 0.6 is 11.8 Å². The largest absolute Gasteiger partial charge is 0.387 e. The van der Waals surface area contributed by atoms with Gasteiger partial charge in [0.05, 0.1) is 12.4 Å². The van der Waals surface area contributed by atoms with Gasteiger partial charge in [-0.25, -0.2) is 15.0 Å². The van der Waals surface area contributed by atoms with E-state index in [4.69, 9.17) is 10.5 Å². The molecule has 2 aromatic heterocycles. The number of aliphatic hydroxyl groups is 2. The van der Waals surface area contributed by atoms with Crippen molar-refractivity contribution in [2.75, 3.05) is 17.7 Å². The van der Waals surface area contributed by atoms with E-state index in [1.807, 2.05) is 6.26 Å². The predicted octanol–water partition coefficient (Wildman–Crippen LogP) is -0.609. The number of nitrogens with two attached hydrogens (primary N) is 1. The lowest BCUT2D eigenvalue weighted by Gasteiger charge is -2.16. The van der Waals surface area contributed by atoms with E-state index in [0.717, 1.165) is 0 Å². The second kappa shape index (κ2) is 5.17. The average molecular weight is 302 g/mol. The van der Waals surface area contributed by atoms with Crippen molar-refractivity contribution in [1.29, 1.82) is 0 Å². The smallest absolute Gasteiger partial charge is 0.167 e. The highest BCUT2D eigenvalue weighted by molar-refractivity contribution is 7.98. The minimum atomic E-state index is -1.04. The van der Waals surface area contributed by atoms with E-state index >= 15 is 0 Å². The summed E-state index contributed by atoms with van der Waals surface area (Å²) in [7, 11) is 0. The van der Waals surface area contributed by atoms with Crippen molar-refractivity contribution in [3.63, 3.8) is 0 Å². The van der Waals surface area contributed by atoms with Crippen LogP contribution in [0.1, 0.15) is 6.23 Å². The Hall–Kier alpha value is -1.42. The fourth-order valence-electron chi connectivity index (χ4n) is 2.32. The molecule has 0 radical (unpaired) electrons. The average Bonchev–Trinajstić information content (AvgIpc) is 2.97. The number of anilines is 1. The van der Waals surface area contributed by atoms with Crippen molar-refractivity contribution in [2.24, 2.45) is 0 Å². The number of nitrogen functional groups attached to an aromatic ring is 1. The number of aromatic nitrogens is 4. The van der Waals surface area contributed by atoms with Gasteiger partial charge in [0.2, 0.25) is 0 Å². The summed E-state index contributed by atoms with van der Waals surface area (Å²) < 4.78 is 7.29. The number of fused-ring (bicyclic) bond motifs is 1. The minimum absolute atomic E-state index is 0.266. The van der Waals surface area contributed by atoms with E-state index in [1.54, 1.807) is 16.3 Å². The Kier molecular flexibility index (Phi) is 3.50. The molecule has 0 unspecified atom stereocenters. The van der Waals surface area contributed by atoms with Gasteiger partial charge in [0, 0.05) is 5.75 Å². The van der Waals surface area contributed by atoms with E-state index in [2.05, 4.69) is 15.0 Å². The summed E-state index contributed by atoms with van der Waals surface area (Å²) in [6.45, 7) is 0. The Morgan fingerprint density at radius 3 is 2.90 bits per heavy atom. The molecule has 4 N–H and O–H groups in total. The number of nitrogens with zero attached hydrogens (tertiary/aromatic N) is 4. The van der Waals surface area contributed by atoms with Gasteiger partial charge in [-0.05, 0) is 6.26 Å². The summed E-state index contributed by atoms with van der Waals surface area (Å²) in [6, 6.07) is 0. The van der Waals surface area contributed by atoms with E-state index in [0.29, 0.717) is 16.9 Å². The van der Waals surface area contributed by atoms with Gasteiger partial charge in [-0.3, -0.25) is 4.57 Å². The molecule has 2 aromatic rings. The van der Waals surface area contributed by atoms with Crippen LogP contribution in [0.3, 0.4) is 0 Å². The number of thioether (sulfide) groups is 1. The maximum absolute atomic E-state index is 10.1. The SMILES string of the molecule is CSC[C@H]1O[C@@H]([15n]2c[15n]c3c([15NH2])[15n]c[15n]c32)[C@H](O)[C@@H]1O. The summed E-state index contributed by atoms with van der Waals surface area (Å²) in [5.41, 5.74) is 6.64. The Labute approximate surface area is 119 Å².